The molecule has 1 amide bonds. The molecule has 1 aliphatic heterocycles. The second-order valence-corrected chi connectivity index (χ2v) is 7.20. The van der Waals surface area contributed by atoms with Gasteiger partial charge in [0.1, 0.15) is 6.07 Å². The largest absolute Gasteiger partial charge is 0.368 e. The Kier molecular flexibility index (Phi) is 5.68. The van der Waals surface area contributed by atoms with Crippen molar-refractivity contribution in [2.24, 2.45) is 0 Å². The first-order valence-corrected chi connectivity index (χ1v) is 9.74. The van der Waals surface area contributed by atoms with E-state index < -0.39 is 5.91 Å². The number of carbonyl (C=O) groups excluding carboxylic acids is 1. The molecular formula is C21H22N8O. The Labute approximate surface area is 174 Å². The molecule has 152 valence electrons. The second-order valence-electron chi connectivity index (χ2n) is 7.20. The zero-order valence-corrected chi connectivity index (χ0v) is 16.7. The van der Waals surface area contributed by atoms with Gasteiger partial charge in [-0.2, -0.15) is 5.26 Å². The molecule has 3 aromatic rings. The van der Waals surface area contributed by atoms with Gasteiger partial charge in [0.05, 0.1) is 23.5 Å². The summed E-state index contributed by atoms with van der Waals surface area (Å²) in [6.45, 7) is 3.89. The van der Waals surface area contributed by atoms with E-state index in [1.54, 1.807) is 6.07 Å². The summed E-state index contributed by atoms with van der Waals surface area (Å²) in [5.74, 6) is -0.365. The third-order valence-electron chi connectivity index (χ3n) is 5.16. The van der Waals surface area contributed by atoms with Crippen molar-refractivity contribution in [3.63, 3.8) is 0 Å². The van der Waals surface area contributed by atoms with Crippen LogP contribution in [0.4, 0.5) is 11.4 Å². The summed E-state index contributed by atoms with van der Waals surface area (Å²) < 4.78 is 1.45. The van der Waals surface area contributed by atoms with E-state index in [0.29, 0.717) is 17.8 Å². The highest BCUT2D eigenvalue weighted by Crippen LogP contribution is 2.28. The molecule has 0 saturated carbocycles. The van der Waals surface area contributed by atoms with Crippen molar-refractivity contribution in [1.29, 1.82) is 5.26 Å². The molecule has 0 aliphatic carbocycles. The standard InChI is InChI=1S/C21H22N8O/c1-27-10-12-28(13-11-27)19-9-5-8-18(17(19)14-22)23-21(30)20-24-25-26-29(20)15-16-6-3-2-4-7-16/h2-9H,10-13,15H2,1H3,(H,23,30). The predicted octanol–water partition coefficient (Wildman–Crippen LogP) is 1.60. The van der Waals surface area contributed by atoms with Gasteiger partial charge in [-0.1, -0.05) is 36.4 Å². The first-order valence-electron chi connectivity index (χ1n) is 9.74. The van der Waals surface area contributed by atoms with E-state index >= 15 is 0 Å². The lowest BCUT2D eigenvalue weighted by Crippen LogP contribution is -2.44. The number of aromatic nitrogens is 4. The Bertz CT molecular complexity index is 1060. The maximum atomic E-state index is 12.9. The van der Waals surface area contributed by atoms with E-state index in [9.17, 15) is 10.1 Å². The lowest BCUT2D eigenvalue weighted by Gasteiger charge is -2.34. The van der Waals surface area contributed by atoms with Gasteiger partial charge in [-0.05, 0) is 35.2 Å². The van der Waals surface area contributed by atoms with E-state index in [1.165, 1.54) is 4.68 Å². The lowest BCUT2D eigenvalue weighted by molar-refractivity contribution is 0.101. The molecule has 1 saturated heterocycles. The SMILES string of the molecule is CN1CCN(c2cccc(NC(=O)c3nnnn3Cc3ccccc3)c2C#N)CC1. The summed E-state index contributed by atoms with van der Waals surface area (Å²) in [4.78, 5) is 17.3. The highest BCUT2D eigenvalue weighted by molar-refractivity contribution is 6.03. The number of likely N-dealkylation sites (N-methyl/N-ethyl adjacent to an activating group) is 1. The smallest absolute Gasteiger partial charge is 0.295 e. The zero-order chi connectivity index (χ0) is 20.9. The van der Waals surface area contributed by atoms with Crippen LogP contribution in [0.1, 0.15) is 21.7 Å². The molecule has 0 unspecified atom stereocenters. The summed E-state index contributed by atoms with van der Waals surface area (Å²) in [5, 5.41) is 24.1. The molecule has 1 fully saturated rings. The average Bonchev–Trinajstić information content (AvgIpc) is 3.23. The molecule has 1 aromatic heterocycles. The second kappa shape index (κ2) is 8.71. The fourth-order valence-corrected chi connectivity index (χ4v) is 3.48. The van der Waals surface area contributed by atoms with Crippen molar-refractivity contribution >= 4 is 17.3 Å². The van der Waals surface area contributed by atoms with E-state index in [0.717, 1.165) is 37.4 Å². The van der Waals surface area contributed by atoms with Crippen LogP contribution in [0.15, 0.2) is 48.5 Å². The summed E-state index contributed by atoms with van der Waals surface area (Å²) >= 11 is 0. The fourth-order valence-electron chi connectivity index (χ4n) is 3.48. The van der Waals surface area contributed by atoms with Gasteiger partial charge in [0.15, 0.2) is 0 Å². The van der Waals surface area contributed by atoms with Crippen LogP contribution in [0.3, 0.4) is 0 Å². The number of nitriles is 1. The first kappa shape index (κ1) is 19.5. The number of tetrazole rings is 1. The van der Waals surface area contributed by atoms with Crippen LogP contribution in [-0.2, 0) is 6.54 Å². The minimum absolute atomic E-state index is 0.0905. The van der Waals surface area contributed by atoms with Gasteiger partial charge >= 0.3 is 0 Å². The summed E-state index contributed by atoms with van der Waals surface area (Å²) in [6.07, 6.45) is 0. The molecule has 0 atom stereocenters. The normalized spacial score (nSPS) is 14.3. The number of carbonyl (C=O) groups is 1. The molecule has 30 heavy (non-hydrogen) atoms. The number of rotatable bonds is 5. The Hall–Kier alpha value is -3.77. The van der Waals surface area contributed by atoms with Gasteiger partial charge in [-0.15, -0.1) is 5.10 Å². The topological polar surface area (TPSA) is 103 Å². The third kappa shape index (κ3) is 4.14. The number of benzene rings is 2. The van der Waals surface area contributed by atoms with Gasteiger partial charge < -0.3 is 15.1 Å². The van der Waals surface area contributed by atoms with Crippen LogP contribution in [0.5, 0.6) is 0 Å². The molecule has 9 nitrogen and oxygen atoms in total. The van der Waals surface area contributed by atoms with Crippen LogP contribution in [0, 0.1) is 11.3 Å². The molecule has 0 bridgehead atoms. The lowest BCUT2D eigenvalue weighted by atomic mass is 10.1. The Morgan fingerprint density at radius 1 is 1.10 bits per heavy atom. The van der Waals surface area contributed by atoms with Crippen LogP contribution in [-0.4, -0.2) is 64.2 Å². The zero-order valence-electron chi connectivity index (χ0n) is 16.7. The van der Waals surface area contributed by atoms with E-state index in [1.807, 2.05) is 42.5 Å². The molecule has 9 heteroatoms. The molecule has 2 aromatic carbocycles. The first-order chi connectivity index (χ1) is 14.7. The van der Waals surface area contributed by atoms with Crippen molar-refractivity contribution in [2.45, 2.75) is 6.54 Å². The number of nitrogens with zero attached hydrogens (tertiary/aromatic N) is 7. The van der Waals surface area contributed by atoms with Crippen molar-refractivity contribution in [2.75, 3.05) is 43.4 Å². The predicted molar refractivity (Wildman–Crippen MR) is 112 cm³/mol. The monoisotopic (exact) mass is 402 g/mol. The molecule has 2 heterocycles. The minimum Gasteiger partial charge on any atom is -0.368 e. The van der Waals surface area contributed by atoms with Gasteiger partial charge in [0, 0.05) is 26.2 Å². The van der Waals surface area contributed by atoms with E-state index in [4.69, 9.17) is 0 Å². The van der Waals surface area contributed by atoms with Crippen molar-refractivity contribution in [1.82, 2.24) is 25.1 Å². The number of hydrogen-bond acceptors (Lipinski definition) is 7. The van der Waals surface area contributed by atoms with Gasteiger partial charge in [-0.3, -0.25) is 4.79 Å². The summed E-state index contributed by atoms with van der Waals surface area (Å²) in [6, 6.07) is 17.4. The Balaban J connectivity index is 1.55. The highest BCUT2D eigenvalue weighted by Gasteiger charge is 2.21. The maximum absolute atomic E-state index is 12.9. The Morgan fingerprint density at radius 3 is 2.60 bits per heavy atom. The summed E-state index contributed by atoms with van der Waals surface area (Å²) in [7, 11) is 2.08. The summed E-state index contributed by atoms with van der Waals surface area (Å²) in [5.41, 5.74) is 2.70. The number of piperazine rings is 1. The number of amides is 1. The number of hydrogen-bond donors (Lipinski definition) is 1. The number of nitrogens with one attached hydrogen (secondary N) is 1. The van der Waals surface area contributed by atoms with E-state index in [-0.39, 0.29) is 5.82 Å². The Morgan fingerprint density at radius 2 is 1.87 bits per heavy atom. The van der Waals surface area contributed by atoms with Crippen molar-refractivity contribution in [3.05, 3.63) is 65.5 Å². The molecule has 4 rings (SSSR count). The van der Waals surface area contributed by atoms with Gasteiger partial charge in [-0.25, -0.2) is 4.68 Å². The van der Waals surface area contributed by atoms with Gasteiger partial charge in [0.2, 0.25) is 5.82 Å². The van der Waals surface area contributed by atoms with Crippen molar-refractivity contribution in [3.8, 4) is 6.07 Å². The number of anilines is 2. The maximum Gasteiger partial charge on any atom is 0.295 e. The van der Waals surface area contributed by atoms with Crippen molar-refractivity contribution < 1.29 is 4.79 Å². The van der Waals surface area contributed by atoms with E-state index in [2.05, 4.69) is 43.8 Å². The molecule has 0 spiro atoms. The van der Waals surface area contributed by atoms with Crippen LogP contribution in [0.2, 0.25) is 0 Å². The average molecular weight is 402 g/mol. The van der Waals surface area contributed by atoms with Crippen LogP contribution >= 0.6 is 0 Å². The molecule has 1 N–H and O–H groups in total. The van der Waals surface area contributed by atoms with Crippen LogP contribution < -0.4 is 10.2 Å². The van der Waals surface area contributed by atoms with Gasteiger partial charge in [0.25, 0.3) is 5.91 Å². The minimum atomic E-state index is -0.456. The molecule has 1 aliphatic rings. The molecule has 0 radical (unpaired) electrons. The van der Waals surface area contributed by atoms with Crippen LogP contribution in [0.25, 0.3) is 0 Å². The molecular weight excluding hydrogens is 380 g/mol. The fraction of sp³-hybridized carbons (Fsp3) is 0.286. The quantitative estimate of drug-likeness (QED) is 0.691. The highest BCUT2D eigenvalue weighted by atomic mass is 16.2. The third-order valence-corrected chi connectivity index (χ3v) is 5.16.